The van der Waals surface area contributed by atoms with Crippen LogP contribution in [0.25, 0.3) is 0 Å². The number of nitrogens with two attached hydrogens (primary N) is 1. The normalized spacial score (nSPS) is 30.5. The van der Waals surface area contributed by atoms with Gasteiger partial charge in [0, 0.05) is 11.6 Å². The molecule has 0 bridgehead atoms. The Morgan fingerprint density at radius 3 is 2.08 bits per heavy atom. The molecule has 0 aromatic heterocycles. The molecule has 1 aliphatic carbocycles. The monoisotopic (exact) mass is 184 g/mol. The Labute approximate surface area is 82.3 Å². The topological polar surface area (TPSA) is 38.0 Å². The molecule has 0 aromatic rings. The van der Waals surface area contributed by atoms with Crippen LogP contribution in [0.1, 0.15) is 46.5 Å². The Morgan fingerprint density at radius 2 is 1.69 bits per heavy atom. The molecule has 13 heavy (non-hydrogen) atoms. The van der Waals surface area contributed by atoms with Crippen LogP contribution >= 0.6 is 0 Å². The molecule has 2 nitrogen and oxygen atoms in total. The van der Waals surface area contributed by atoms with Gasteiger partial charge in [-0.1, -0.05) is 0 Å². The summed E-state index contributed by atoms with van der Waals surface area (Å²) in [5.41, 5.74) is 5.92. The summed E-state index contributed by atoms with van der Waals surface area (Å²) in [7, 11) is 0. The van der Waals surface area contributed by atoms with Gasteiger partial charge in [0.25, 0.3) is 0 Å². The minimum absolute atomic E-state index is 0.264. The van der Waals surface area contributed by atoms with E-state index in [9.17, 15) is 0 Å². The second-order valence-electron chi connectivity index (χ2n) is 5.35. The van der Waals surface area contributed by atoms with Crippen molar-refractivity contribution in [1.29, 1.82) is 0 Å². The van der Waals surface area contributed by atoms with Crippen molar-refractivity contribution < 1.29 is 0 Å². The smallest absolute Gasteiger partial charge is 0.00990 e. The number of nitrogens with one attached hydrogen (secondary N) is 1. The van der Waals surface area contributed by atoms with Gasteiger partial charge < -0.3 is 11.1 Å². The standard InChI is InChI=1S/C11H24N2/c1-11(2,3)13-10-6-4-9(8-12)5-7-10/h9-10,13H,4-8,12H2,1-3H3/t9-,10-. The highest BCUT2D eigenvalue weighted by Crippen LogP contribution is 2.24. The molecule has 1 rings (SSSR count). The van der Waals surface area contributed by atoms with E-state index >= 15 is 0 Å². The maximum Gasteiger partial charge on any atom is 0.00990 e. The van der Waals surface area contributed by atoms with E-state index in [-0.39, 0.29) is 5.54 Å². The van der Waals surface area contributed by atoms with Crippen LogP contribution in [0.4, 0.5) is 0 Å². The third-order valence-electron chi connectivity index (χ3n) is 2.82. The van der Waals surface area contributed by atoms with Gasteiger partial charge in [-0.05, 0) is 58.9 Å². The Balaban J connectivity index is 2.25. The highest BCUT2D eigenvalue weighted by Gasteiger charge is 2.23. The fraction of sp³-hybridized carbons (Fsp3) is 1.00. The Bertz CT molecular complexity index is 141. The van der Waals surface area contributed by atoms with E-state index in [0.29, 0.717) is 0 Å². The molecule has 0 unspecified atom stereocenters. The SMILES string of the molecule is CC(C)(C)N[C@H]1CC[C@H](CN)CC1. The first kappa shape index (κ1) is 11.0. The highest BCUT2D eigenvalue weighted by molar-refractivity contribution is 4.82. The maximum atomic E-state index is 5.66. The minimum atomic E-state index is 0.264. The van der Waals surface area contributed by atoms with Crippen LogP contribution in [0.3, 0.4) is 0 Å². The van der Waals surface area contributed by atoms with Crippen LogP contribution in [0, 0.1) is 5.92 Å². The van der Waals surface area contributed by atoms with Crippen molar-refractivity contribution in [2.24, 2.45) is 11.7 Å². The molecule has 2 heteroatoms. The fourth-order valence-electron chi connectivity index (χ4n) is 2.15. The fourth-order valence-corrected chi connectivity index (χ4v) is 2.15. The largest absolute Gasteiger partial charge is 0.330 e. The van der Waals surface area contributed by atoms with Crippen molar-refractivity contribution >= 4 is 0 Å². The van der Waals surface area contributed by atoms with Crippen LogP contribution < -0.4 is 11.1 Å². The third kappa shape index (κ3) is 4.10. The van der Waals surface area contributed by atoms with Crippen molar-refractivity contribution in [2.45, 2.75) is 58.0 Å². The van der Waals surface area contributed by atoms with Gasteiger partial charge in [-0.15, -0.1) is 0 Å². The average molecular weight is 184 g/mol. The summed E-state index contributed by atoms with van der Waals surface area (Å²) in [6, 6.07) is 0.725. The molecule has 1 aliphatic rings. The lowest BCUT2D eigenvalue weighted by atomic mass is 9.85. The van der Waals surface area contributed by atoms with Gasteiger partial charge in [0.15, 0.2) is 0 Å². The van der Waals surface area contributed by atoms with E-state index < -0.39 is 0 Å². The van der Waals surface area contributed by atoms with E-state index in [2.05, 4.69) is 26.1 Å². The van der Waals surface area contributed by atoms with Crippen LogP contribution in [0.5, 0.6) is 0 Å². The molecule has 0 amide bonds. The molecular weight excluding hydrogens is 160 g/mol. The summed E-state index contributed by atoms with van der Waals surface area (Å²) in [6.45, 7) is 7.59. The predicted octanol–water partition coefficient (Wildman–Crippen LogP) is 1.89. The van der Waals surface area contributed by atoms with Crippen molar-refractivity contribution in [2.75, 3.05) is 6.54 Å². The summed E-state index contributed by atoms with van der Waals surface area (Å²) < 4.78 is 0. The van der Waals surface area contributed by atoms with Crippen LogP contribution in [-0.2, 0) is 0 Å². The molecule has 0 saturated heterocycles. The first-order valence-corrected chi connectivity index (χ1v) is 5.49. The molecule has 0 spiro atoms. The molecular formula is C11H24N2. The predicted molar refractivity (Wildman–Crippen MR) is 57.7 cm³/mol. The lowest BCUT2D eigenvalue weighted by molar-refractivity contribution is 0.253. The van der Waals surface area contributed by atoms with Gasteiger partial charge in [-0.25, -0.2) is 0 Å². The Hall–Kier alpha value is -0.0800. The Kier molecular flexibility index (Phi) is 3.74. The summed E-state index contributed by atoms with van der Waals surface area (Å²) in [6.07, 6.45) is 5.23. The van der Waals surface area contributed by atoms with Crippen molar-refractivity contribution in [1.82, 2.24) is 5.32 Å². The Morgan fingerprint density at radius 1 is 1.15 bits per heavy atom. The quantitative estimate of drug-likeness (QED) is 0.688. The zero-order valence-electron chi connectivity index (χ0n) is 9.27. The number of hydrogen-bond donors (Lipinski definition) is 2. The lowest BCUT2D eigenvalue weighted by Crippen LogP contribution is -2.45. The van der Waals surface area contributed by atoms with Gasteiger partial charge in [0.2, 0.25) is 0 Å². The van der Waals surface area contributed by atoms with Crippen LogP contribution in [-0.4, -0.2) is 18.1 Å². The van der Waals surface area contributed by atoms with Crippen LogP contribution in [0.15, 0.2) is 0 Å². The molecule has 0 aromatic carbocycles. The second-order valence-corrected chi connectivity index (χ2v) is 5.35. The van der Waals surface area contributed by atoms with Gasteiger partial charge >= 0.3 is 0 Å². The molecule has 3 N–H and O–H groups in total. The molecule has 0 radical (unpaired) electrons. The van der Waals surface area contributed by atoms with E-state index in [1.807, 2.05) is 0 Å². The molecule has 1 fully saturated rings. The number of hydrogen-bond acceptors (Lipinski definition) is 2. The average Bonchev–Trinajstić information content (AvgIpc) is 2.03. The summed E-state index contributed by atoms with van der Waals surface area (Å²) in [5.74, 6) is 0.790. The van der Waals surface area contributed by atoms with E-state index in [4.69, 9.17) is 5.73 Å². The summed E-state index contributed by atoms with van der Waals surface area (Å²) in [4.78, 5) is 0. The van der Waals surface area contributed by atoms with E-state index in [1.165, 1.54) is 25.7 Å². The highest BCUT2D eigenvalue weighted by atomic mass is 15.0. The molecule has 0 aliphatic heterocycles. The number of rotatable bonds is 2. The van der Waals surface area contributed by atoms with Crippen molar-refractivity contribution in [3.05, 3.63) is 0 Å². The van der Waals surface area contributed by atoms with Crippen LogP contribution in [0.2, 0.25) is 0 Å². The first-order chi connectivity index (χ1) is 6.01. The van der Waals surface area contributed by atoms with E-state index in [1.54, 1.807) is 0 Å². The summed E-state index contributed by atoms with van der Waals surface area (Å²) >= 11 is 0. The molecule has 1 saturated carbocycles. The van der Waals surface area contributed by atoms with Crippen molar-refractivity contribution in [3.63, 3.8) is 0 Å². The summed E-state index contributed by atoms with van der Waals surface area (Å²) in [5, 5.41) is 3.66. The molecule has 0 heterocycles. The third-order valence-corrected chi connectivity index (χ3v) is 2.82. The van der Waals surface area contributed by atoms with Gasteiger partial charge in [-0.3, -0.25) is 0 Å². The lowest BCUT2D eigenvalue weighted by Gasteiger charge is -2.33. The minimum Gasteiger partial charge on any atom is -0.330 e. The second kappa shape index (κ2) is 4.43. The zero-order chi connectivity index (χ0) is 9.90. The molecule has 0 atom stereocenters. The van der Waals surface area contributed by atoms with E-state index in [0.717, 1.165) is 18.5 Å². The van der Waals surface area contributed by atoms with Gasteiger partial charge in [0.1, 0.15) is 0 Å². The first-order valence-electron chi connectivity index (χ1n) is 5.49. The zero-order valence-corrected chi connectivity index (χ0v) is 9.27. The van der Waals surface area contributed by atoms with Gasteiger partial charge in [0.05, 0.1) is 0 Å². The molecule has 78 valence electrons. The van der Waals surface area contributed by atoms with Gasteiger partial charge in [-0.2, -0.15) is 0 Å². The van der Waals surface area contributed by atoms with Crippen molar-refractivity contribution in [3.8, 4) is 0 Å². The maximum absolute atomic E-state index is 5.66.